The number of azo groups is 2. The summed E-state index contributed by atoms with van der Waals surface area (Å²) < 4.78 is 14.7. The summed E-state index contributed by atoms with van der Waals surface area (Å²) in [5.74, 6) is 0.0500. The molecule has 2 aromatic heterocycles. The van der Waals surface area contributed by atoms with Gasteiger partial charge in [0.2, 0.25) is 16.9 Å². The smallest absolute Gasteiger partial charge is 0.431 e. The van der Waals surface area contributed by atoms with Crippen LogP contribution in [0.5, 0.6) is 11.5 Å². The van der Waals surface area contributed by atoms with Crippen LogP contribution >= 0.6 is 22.7 Å². The van der Waals surface area contributed by atoms with E-state index < -0.39 is 0 Å². The van der Waals surface area contributed by atoms with Crippen molar-refractivity contribution in [1.29, 1.82) is 0 Å². The number of benzene rings is 4. The van der Waals surface area contributed by atoms with E-state index in [9.17, 15) is 14.4 Å². The van der Waals surface area contributed by atoms with E-state index in [4.69, 9.17) is 9.47 Å². The lowest BCUT2D eigenvalue weighted by atomic mass is 10.1. The predicted octanol–water partition coefficient (Wildman–Crippen LogP) is 3.69. The first kappa shape index (κ1) is 52.8. The number of nitrogens with one attached hydrogen (secondary N) is 5. The number of amides is 3. The summed E-state index contributed by atoms with van der Waals surface area (Å²) in [5.41, 5.74) is 5.12. The number of halogens is 2. The summed E-state index contributed by atoms with van der Waals surface area (Å²) in [7, 11) is 6.67. The molecule has 0 radical (unpaired) electrons. The average Bonchev–Trinajstić information content (AvgIpc) is 3.78. The van der Waals surface area contributed by atoms with Crippen LogP contribution in [0.1, 0.15) is 56.9 Å². The molecule has 0 fully saturated rings. The van der Waals surface area contributed by atoms with Crippen LogP contribution < -0.4 is 75.1 Å². The molecule has 354 valence electrons. The highest BCUT2D eigenvalue weighted by molar-refractivity contribution is 7.18. The summed E-state index contributed by atoms with van der Waals surface area (Å²) >= 11 is 2.81. The normalized spacial score (nSPS) is 11.0. The number of carbonyl (C=O) groups excluding carboxylic acids is 3. The van der Waals surface area contributed by atoms with Crippen LogP contribution in [-0.2, 0) is 23.7 Å². The topological polar surface area (TPSA) is 216 Å². The highest BCUT2D eigenvalue weighted by Gasteiger charge is 2.25. The molecule has 6 rings (SSSR count). The van der Waals surface area contributed by atoms with Crippen molar-refractivity contribution in [2.24, 2.45) is 34.6 Å². The molecule has 23 heteroatoms. The second kappa shape index (κ2) is 23.6. The zero-order valence-electron chi connectivity index (χ0n) is 38.7. The first-order valence-corrected chi connectivity index (χ1v) is 22.0. The SMILES string of the molecule is COc1cc(N=Nc2sc(C)n[n+]2C)c(NC(C)=O)cc1Nc1ccc(C(=O)Nc2ccc(Nc3cc(NC(C)=O)c(N=Nc4sc(N(C(C)C)C(C)C)n[n+]4C)cc3OC)cc2)cc1.[Cl-].[Cl-]. The third kappa shape index (κ3) is 13.6. The van der Waals surface area contributed by atoms with Crippen LogP contribution in [0.25, 0.3) is 0 Å². The second-order valence-electron chi connectivity index (χ2n) is 15.2. The van der Waals surface area contributed by atoms with E-state index in [1.165, 1.54) is 43.6 Å². The molecule has 0 bridgehead atoms. The lowest BCUT2D eigenvalue weighted by Crippen LogP contribution is -3.00. The monoisotopic (exact) mass is 990 g/mol. The van der Waals surface area contributed by atoms with Crippen LogP contribution in [0.3, 0.4) is 0 Å². The van der Waals surface area contributed by atoms with Gasteiger partial charge in [0.25, 0.3) is 5.91 Å². The Labute approximate surface area is 408 Å². The van der Waals surface area contributed by atoms with Crippen molar-refractivity contribution >= 4 is 107 Å². The minimum absolute atomic E-state index is 0. The molecule has 4 aromatic carbocycles. The number of hydrogen-bond acceptors (Lipinski definition) is 16. The Kier molecular flexibility index (Phi) is 18.6. The molecule has 0 aliphatic heterocycles. The van der Waals surface area contributed by atoms with Crippen molar-refractivity contribution in [2.45, 2.75) is 60.5 Å². The van der Waals surface area contributed by atoms with E-state index in [1.54, 1.807) is 84.2 Å². The van der Waals surface area contributed by atoms with Crippen molar-refractivity contribution in [3.63, 3.8) is 0 Å². The maximum absolute atomic E-state index is 13.3. The van der Waals surface area contributed by atoms with E-state index in [0.717, 1.165) is 10.1 Å². The molecule has 0 spiro atoms. The molecule has 6 aromatic rings. The number of anilines is 8. The first-order chi connectivity index (χ1) is 31.0. The first-order valence-electron chi connectivity index (χ1n) is 20.4. The second-order valence-corrected chi connectivity index (χ2v) is 17.3. The highest BCUT2D eigenvalue weighted by atomic mass is 35.5. The van der Waals surface area contributed by atoms with Gasteiger partial charge < -0.3 is 65.8 Å². The van der Waals surface area contributed by atoms with Crippen LogP contribution in [-0.4, -0.2) is 54.2 Å². The van der Waals surface area contributed by atoms with Crippen LogP contribution in [0.2, 0.25) is 0 Å². The molecule has 0 saturated carbocycles. The summed E-state index contributed by atoms with van der Waals surface area (Å²) in [4.78, 5) is 39.9. The third-order valence-corrected chi connectivity index (χ3v) is 11.3. The van der Waals surface area contributed by atoms with Gasteiger partial charge in [0.05, 0.1) is 47.2 Å². The van der Waals surface area contributed by atoms with Gasteiger partial charge in [0.1, 0.15) is 42.0 Å². The molecule has 0 saturated heterocycles. The van der Waals surface area contributed by atoms with E-state index in [-0.39, 0.29) is 54.6 Å². The lowest BCUT2D eigenvalue weighted by molar-refractivity contribution is -0.714. The molecule has 0 unspecified atom stereocenters. The maximum atomic E-state index is 13.3. The van der Waals surface area contributed by atoms with Gasteiger partial charge in [0.15, 0.2) is 0 Å². The Morgan fingerprint density at radius 3 is 1.46 bits per heavy atom. The minimum atomic E-state index is -0.311. The number of carbonyl (C=O) groups is 3. The van der Waals surface area contributed by atoms with Gasteiger partial charge in [-0.15, -0.1) is 9.36 Å². The fourth-order valence-electron chi connectivity index (χ4n) is 6.59. The van der Waals surface area contributed by atoms with Crippen LogP contribution in [0.15, 0.2) is 93.3 Å². The van der Waals surface area contributed by atoms with Gasteiger partial charge in [-0.2, -0.15) is 0 Å². The predicted molar refractivity (Wildman–Crippen MR) is 254 cm³/mol. The molecule has 0 atom stereocenters. The van der Waals surface area contributed by atoms with E-state index >= 15 is 0 Å². The Bertz CT molecular complexity index is 2750. The Morgan fingerprint density at radius 2 is 1.04 bits per heavy atom. The van der Waals surface area contributed by atoms with Crippen LogP contribution in [0, 0.1) is 6.92 Å². The zero-order valence-corrected chi connectivity index (χ0v) is 41.9. The summed E-state index contributed by atoms with van der Waals surface area (Å²) in [6, 6.07) is 21.4. The molecule has 0 aliphatic carbocycles. The Morgan fingerprint density at radius 1 is 0.612 bits per heavy atom. The van der Waals surface area contributed by atoms with Gasteiger partial charge in [0, 0.05) is 60.7 Å². The molecule has 0 aliphatic rings. The van der Waals surface area contributed by atoms with Crippen molar-refractivity contribution in [3.8, 4) is 11.5 Å². The van der Waals surface area contributed by atoms with Gasteiger partial charge >= 0.3 is 10.3 Å². The number of aromatic nitrogens is 4. The van der Waals surface area contributed by atoms with Crippen molar-refractivity contribution in [1.82, 2.24) is 10.2 Å². The number of hydrogen-bond donors (Lipinski definition) is 5. The number of nitrogens with zero attached hydrogens (tertiary/aromatic N) is 9. The molecule has 5 N–H and O–H groups in total. The summed E-state index contributed by atoms with van der Waals surface area (Å²) in [5, 5.41) is 44.7. The van der Waals surface area contributed by atoms with Gasteiger partial charge in [-0.1, -0.05) is 10.2 Å². The average molecular weight is 992 g/mol. The highest BCUT2D eigenvalue weighted by Crippen LogP contribution is 2.41. The summed E-state index contributed by atoms with van der Waals surface area (Å²) in [6.45, 7) is 13.2. The van der Waals surface area contributed by atoms with Gasteiger partial charge in [-0.05, 0) is 128 Å². The minimum Gasteiger partial charge on any atom is -1.00 e. The van der Waals surface area contributed by atoms with E-state index in [1.807, 2.05) is 26.1 Å². The standard InChI is InChI=1S/C44H50N14O5S2.2ClH/c1-24(2)58(25(3)4)44-55-57(9)43(65-44)53-51-36-23-40(63-11)38(21-34(36)46-27(6)60)48-31-16-18-32(19-17-31)49-41(61)29-12-14-30(15-13-29)47-37-20-33(45-26(5)59)35(22-39(37)62-10)50-52-42-56(8)54-28(7)64-42;;/h12-25H,1-11H3,(H3,45,46,47,48,49,50,51,59,60,61);2*1H. The van der Waals surface area contributed by atoms with E-state index in [2.05, 4.69) is 89.8 Å². The zero-order chi connectivity index (χ0) is 46.9. The number of aryl methyl sites for hydroxylation is 3. The van der Waals surface area contributed by atoms with Crippen molar-refractivity contribution in [3.05, 3.63) is 83.4 Å². The quantitative estimate of drug-likeness (QED) is 0.0660. The van der Waals surface area contributed by atoms with Crippen molar-refractivity contribution in [2.75, 3.05) is 45.7 Å². The molecule has 19 nitrogen and oxygen atoms in total. The molecule has 2 heterocycles. The van der Waals surface area contributed by atoms with Gasteiger partial charge in [-0.3, -0.25) is 14.4 Å². The number of ether oxygens (including phenoxy) is 2. The van der Waals surface area contributed by atoms with E-state index in [0.29, 0.717) is 78.5 Å². The lowest BCUT2D eigenvalue weighted by Gasteiger charge is -2.28. The molecule has 67 heavy (non-hydrogen) atoms. The van der Waals surface area contributed by atoms with Crippen molar-refractivity contribution < 1.29 is 58.0 Å². The fraction of sp³-hybridized carbons (Fsp3) is 0.295. The largest absolute Gasteiger partial charge is 1.00 e. The summed E-state index contributed by atoms with van der Waals surface area (Å²) in [6.07, 6.45) is 0. The third-order valence-electron chi connectivity index (χ3n) is 9.43. The molecular weight excluding hydrogens is 940 g/mol. The number of methoxy groups -OCH3 is 2. The Balaban J connectivity index is 0.00000490. The van der Waals surface area contributed by atoms with Crippen LogP contribution in [0.4, 0.5) is 66.6 Å². The fourth-order valence-corrected chi connectivity index (χ4v) is 8.38. The number of rotatable bonds is 17. The molecular formula is C44H52Cl2N14O5S2. The van der Waals surface area contributed by atoms with Gasteiger partial charge in [-0.25, -0.2) is 0 Å². The molecule has 3 amide bonds. The maximum Gasteiger partial charge on any atom is 0.431 e. The Hall–Kier alpha value is -6.81.